The molecule has 4 aromatic rings. The van der Waals surface area contributed by atoms with Crippen LogP contribution in [0.3, 0.4) is 0 Å². The number of carbonyl (C=O) groups is 2. The number of carboxylic acids is 2. The molecule has 2 atom stereocenters. The van der Waals surface area contributed by atoms with Crippen molar-refractivity contribution in [2.75, 3.05) is 13.2 Å². The lowest BCUT2D eigenvalue weighted by Crippen LogP contribution is -2.39. The van der Waals surface area contributed by atoms with Crippen molar-refractivity contribution >= 4 is 43.8 Å². The first-order chi connectivity index (χ1) is 23.0. The number of ether oxygens (including phenoxy) is 2. The molecule has 0 aliphatic carbocycles. The monoisotopic (exact) mass is 783 g/mol. The molecule has 0 saturated heterocycles. The standard InChI is InChI=1S/C37H39Br2NO8/c1-22-27(20-47-34-13-10-24(15-31(34)38)9-12-26(18-41)36(43)44)5-3-7-29(22)30-8-4-6-28(23(30)2)21-48-35-14-11-25(16-32(35)39)17-40-33(19-42)37(45)46/h3-8,10-11,13-16,26,33,40-42H,9,12,17-21H2,1-2H3,(H,43,44)(H,45,46)/t26-,33-/m1/s1. The van der Waals surface area contributed by atoms with Crippen LogP contribution in [0.4, 0.5) is 0 Å². The summed E-state index contributed by atoms with van der Waals surface area (Å²) in [6.45, 7) is 4.29. The predicted molar refractivity (Wildman–Crippen MR) is 190 cm³/mol. The molecule has 0 aliphatic heterocycles. The van der Waals surface area contributed by atoms with Crippen molar-refractivity contribution < 1.29 is 39.5 Å². The number of hydrogen-bond acceptors (Lipinski definition) is 7. The maximum absolute atomic E-state index is 11.2. The summed E-state index contributed by atoms with van der Waals surface area (Å²) < 4.78 is 13.9. The predicted octanol–water partition coefficient (Wildman–Crippen LogP) is 6.81. The Balaban J connectivity index is 1.41. The number of rotatable bonds is 17. The highest BCUT2D eigenvalue weighted by atomic mass is 79.9. The minimum Gasteiger partial charge on any atom is -0.488 e. The van der Waals surface area contributed by atoms with Crippen LogP contribution in [0.15, 0.2) is 81.7 Å². The van der Waals surface area contributed by atoms with Crippen LogP contribution in [0.1, 0.15) is 39.8 Å². The minimum atomic E-state index is -1.11. The second-order valence-electron chi connectivity index (χ2n) is 11.5. The van der Waals surface area contributed by atoms with E-state index in [0.29, 0.717) is 37.6 Å². The highest BCUT2D eigenvalue weighted by molar-refractivity contribution is 9.10. The minimum absolute atomic E-state index is 0.285. The molecule has 5 N–H and O–H groups in total. The molecule has 0 fully saturated rings. The summed E-state index contributed by atoms with van der Waals surface area (Å²) in [5.41, 5.74) is 8.29. The Labute approximate surface area is 296 Å². The molecular weight excluding hydrogens is 746 g/mol. The lowest BCUT2D eigenvalue weighted by Gasteiger charge is -2.17. The van der Waals surface area contributed by atoms with E-state index in [1.54, 1.807) is 0 Å². The van der Waals surface area contributed by atoms with Gasteiger partial charge in [-0.3, -0.25) is 14.9 Å². The zero-order valence-corrected chi connectivity index (χ0v) is 29.9. The number of aliphatic hydroxyl groups is 2. The molecule has 4 rings (SSSR count). The summed E-state index contributed by atoms with van der Waals surface area (Å²) in [6, 6.07) is 22.6. The van der Waals surface area contributed by atoms with Gasteiger partial charge in [0.05, 0.1) is 28.1 Å². The van der Waals surface area contributed by atoms with Crippen molar-refractivity contribution in [3.05, 3.63) is 115 Å². The third-order valence-electron chi connectivity index (χ3n) is 8.33. The Bertz CT molecular complexity index is 1620. The van der Waals surface area contributed by atoms with Gasteiger partial charge in [-0.25, -0.2) is 0 Å². The third-order valence-corrected chi connectivity index (χ3v) is 9.56. The second kappa shape index (κ2) is 17.6. The van der Waals surface area contributed by atoms with Crippen molar-refractivity contribution in [3.63, 3.8) is 0 Å². The summed E-state index contributed by atoms with van der Waals surface area (Å²) >= 11 is 7.14. The first-order valence-corrected chi connectivity index (χ1v) is 17.0. The smallest absolute Gasteiger partial charge is 0.323 e. The van der Waals surface area contributed by atoms with E-state index in [1.807, 2.05) is 60.7 Å². The van der Waals surface area contributed by atoms with E-state index in [0.717, 1.165) is 53.5 Å². The van der Waals surface area contributed by atoms with Crippen LogP contribution in [0, 0.1) is 19.8 Å². The van der Waals surface area contributed by atoms with Crippen LogP contribution < -0.4 is 14.8 Å². The average molecular weight is 786 g/mol. The summed E-state index contributed by atoms with van der Waals surface area (Å²) in [5.74, 6) is -1.54. The van der Waals surface area contributed by atoms with Crippen molar-refractivity contribution in [3.8, 4) is 22.6 Å². The van der Waals surface area contributed by atoms with Crippen LogP contribution in [-0.2, 0) is 35.8 Å². The fourth-order valence-corrected chi connectivity index (χ4v) is 6.35. The number of hydrogen-bond donors (Lipinski definition) is 5. The van der Waals surface area contributed by atoms with E-state index < -0.39 is 30.5 Å². The third kappa shape index (κ3) is 9.67. The van der Waals surface area contributed by atoms with Gasteiger partial charge in [0.1, 0.15) is 30.8 Å². The van der Waals surface area contributed by atoms with Crippen LogP contribution in [0.2, 0.25) is 0 Å². The number of halogens is 2. The number of aryl methyl sites for hydroxylation is 1. The summed E-state index contributed by atoms with van der Waals surface area (Å²) in [6.07, 6.45) is 0.884. The highest BCUT2D eigenvalue weighted by Crippen LogP contribution is 2.33. The zero-order valence-electron chi connectivity index (χ0n) is 26.7. The van der Waals surface area contributed by atoms with Crippen molar-refractivity contribution in [1.29, 1.82) is 0 Å². The van der Waals surface area contributed by atoms with E-state index >= 15 is 0 Å². The van der Waals surface area contributed by atoms with Crippen LogP contribution in [0.25, 0.3) is 11.1 Å². The van der Waals surface area contributed by atoms with Gasteiger partial charge in [0, 0.05) is 6.54 Å². The molecule has 0 bridgehead atoms. The van der Waals surface area contributed by atoms with E-state index in [-0.39, 0.29) is 13.2 Å². The lowest BCUT2D eigenvalue weighted by molar-refractivity contribution is -0.143. The van der Waals surface area contributed by atoms with E-state index in [9.17, 15) is 24.9 Å². The first-order valence-electron chi connectivity index (χ1n) is 15.4. The number of aliphatic hydroxyl groups excluding tert-OH is 2. The Morgan fingerprint density at radius 1 is 0.729 bits per heavy atom. The molecule has 0 amide bonds. The number of benzene rings is 4. The molecule has 254 valence electrons. The Morgan fingerprint density at radius 2 is 1.25 bits per heavy atom. The molecule has 0 spiro atoms. The Morgan fingerprint density at radius 3 is 1.71 bits per heavy atom. The molecule has 48 heavy (non-hydrogen) atoms. The van der Waals surface area contributed by atoms with Gasteiger partial charge >= 0.3 is 11.9 Å². The Kier molecular flexibility index (Phi) is 13.6. The molecule has 4 aromatic carbocycles. The van der Waals surface area contributed by atoms with Crippen LogP contribution >= 0.6 is 31.9 Å². The molecule has 0 radical (unpaired) electrons. The molecular formula is C37H39Br2NO8. The zero-order chi connectivity index (χ0) is 34.8. The van der Waals surface area contributed by atoms with Crippen molar-refractivity contribution in [1.82, 2.24) is 5.32 Å². The molecule has 0 heterocycles. The number of aliphatic carboxylic acids is 2. The number of carboxylic acid groups (broad SMARTS) is 2. The molecule has 0 aliphatic rings. The fourth-order valence-electron chi connectivity index (χ4n) is 5.27. The highest BCUT2D eigenvalue weighted by Gasteiger charge is 2.18. The van der Waals surface area contributed by atoms with Crippen molar-refractivity contribution in [2.45, 2.75) is 52.5 Å². The van der Waals surface area contributed by atoms with Gasteiger partial charge in [-0.15, -0.1) is 0 Å². The van der Waals surface area contributed by atoms with Crippen LogP contribution in [0.5, 0.6) is 11.5 Å². The number of nitrogens with one attached hydrogen (secondary N) is 1. The summed E-state index contributed by atoms with van der Waals surface area (Å²) in [7, 11) is 0. The molecule has 9 nitrogen and oxygen atoms in total. The van der Waals surface area contributed by atoms with Gasteiger partial charge in [-0.05, 0) is 127 Å². The lowest BCUT2D eigenvalue weighted by atomic mass is 9.92. The van der Waals surface area contributed by atoms with E-state index in [1.165, 1.54) is 0 Å². The van der Waals surface area contributed by atoms with Gasteiger partial charge in [0.15, 0.2) is 0 Å². The van der Waals surface area contributed by atoms with E-state index in [2.05, 4.69) is 63.2 Å². The quantitative estimate of drug-likeness (QED) is 0.0780. The van der Waals surface area contributed by atoms with Gasteiger partial charge in [0.2, 0.25) is 0 Å². The van der Waals surface area contributed by atoms with Gasteiger partial charge in [-0.2, -0.15) is 0 Å². The SMILES string of the molecule is Cc1c(COc2ccc(CC[C@H](CO)C(=O)O)cc2Br)cccc1-c1cccc(COc2ccc(CN[C@H](CO)C(=O)O)cc2Br)c1C. The molecule has 11 heteroatoms. The summed E-state index contributed by atoms with van der Waals surface area (Å²) in [5, 5.41) is 39.6. The topological polar surface area (TPSA) is 146 Å². The molecule has 0 saturated carbocycles. The first kappa shape index (κ1) is 37.1. The van der Waals surface area contributed by atoms with Crippen molar-refractivity contribution in [2.24, 2.45) is 5.92 Å². The van der Waals surface area contributed by atoms with Gasteiger partial charge in [0.25, 0.3) is 0 Å². The maximum atomic E-state index is 11.2. The normalized spacial score (nSPS) is 12.4. The Hall–Kier alpha value is -3.74. The summed E-state index contributed by atoms with van der Waals surface area (Å²) in [4.78, 5) is 22.4. The largest absolute Gasteiger partial charge is 0.488 e. The molecule has 0 aromatic heterocycles. The van der Waals surface area contributed by atoms with E-state index in [4.69, 9.17) is 14.6 Å². The molecule has 0 unspecified atom stereocenters. The fraction of sp³-hybridized carbons (Fsp3) is 0.297. The van der Waals surface area contributed by atoms with Gasteiger partial charge in [-0.1, -0.05) is 48.5 Å². The average Bonchev–Trinajstić information content (AvgIpc) is 3.05. The maximum Gasteiger partial charge on any atom is 0.323 e. The van der Waals surface area contributed by atoms with Crippen LogP contribution in [-0.4, -0.2) is 51.6 Å². The van der Waals surface area contributed by atoms with Gasteiger partial charge < -0.3 is 29.9 Å². The second-order valence-corrected chi connectivity index (χ2v) is 13.2.